The third kappa shape index (κ3) is 1.38. The molecule has 0 aromatic rings. The highest BCUT2D eigenvalue weighted by atomic mass is 16.7. The van der Waals surface area contributed by atoms with Crippen molar-refractivity contribution in [3.05, 3.63) is 0 Å². The maximum atomic E-state index is 5.66. The SMILES string of the molecule is CC(C)C1CC2(C1)OCCCO2. The van der Waals surface area contributed by atoms with E-state index in [4.69, 9.17) is 9.47 Å². The molecule has 0 amide bonds. The third-order valence-electron chi connectivity index (χ3n) is 3.11. The molecule has 12 heavy (non-hydrogen) atoms. The Morgan fingerprint density at radius 1 is 1.17 bits per heavy atom. The summed E-state index contributed by atoms with van der Waals surface area (Å²) in [5.74, 6) is 1.46. The lowest BCUT2D eigenvalue weighted by molar-refractivity contribution is -0.322. The van der Waals surface area contributed by atoms with E-state index in [1.807, 2.05) is 0 Å². The van der Waals surface area contributed by atoms with Crippen molar-refractivity contribution in [1.29, 1.82) is 0 Å². The molecule has 2 aliphatic rings. The van der Waals surface area contributed by atoms with Crippen LogP contribution in [0.1, 0.15) is 33.1 Å². The number of rotatable bonds is 1. The van der Waals surface area contributed by atoms with E-state index in [1.54, 1.807) is 0 Å². The van der Waals surface area contributed by atoms with Gasteiger partial charge in [0.2, 0.25) is 0 Å². The van der Waals surface area contributed by atoms with Gasteiger partial charge in [0.25, 0.3) is 0 Å². The molecular weight excluding hydrogens is 152 g/mol. The summed E-state index contributed by atoms with van der Waals surface area (Å²) in [4.78, 5) is 0. The standard InChI is InChI=1S/C10H18O2/c1-8(2)9-6-10(7-9)11-4-3-5-12-10/h8-9H,3-7H2,1-2H3. The minimum atomic E-state index is -0.146. The molecule has 2 fully saturated rings. The van der Waals surface area contributed by atoms with Crippen LogP contribution in [0.4, 0.5) is 0 Å². The molecule has 0 aromatic carbocycles. The topological polar surface area (TPSA) is 18.5 Å². The van der Waals surface area contributed by atoms with Crippen LogP contribution in [0.15, 0.2) is 0 Å². The molecule has 1 heterocycles. The van der Waals surface area contributed by atoms with Gasteiger partial charge in [0.15, 0.2) is 5.79 Å². The predicted molar refractivity (Wildman–Crippen MR) is 46.8 cm³/mol. The summed E-state index contributed by atoms with van der Waals surface area (Å²) in [5, 5.41) is 0. The maximum Gasteiger partial charge on any atom is 0.168 e. The van der Waals surface area contributed by atoms with Gasteiger partial charge in [0.1, 0.15) is 0 Å². The van der Waals surface area contributed by atoms with Crippen LogP contribution >= 0.6 is 0 Å². The van der Waals surface area contributed by atoms with E-state index < -0.39 is 0 Å². The van der Waals surface area contributed by atoms with Gasteiger partial charge < -0.3 is 9.47 Å². The smallest absolute Gasteiger partial charge is 0.168 e. The quantitative estimate of drug-likeness (QED) is 0.600. The largest absolute Gasteiger partial charge is 0.350 e. The zero-order valence-corrected chi connectivity index (χ0v) is 8.01. The Hall–Kier alpha value is -0.0800. The lowest BCUT2D eigenvalue weighted by Crippen LogP contribution is -2.52. The summed E-state index contributed by atoms with van der Waals surface area (Å²) in [6.07, 6.45) is 3.30. The van der Waals surface area contributed by atoms with Crippen LogP contribution in [0.2, 0.25) is 0 Å². The van der Waals surface area contributed by atoms with E-state index in [-0.39, 0.29) is 5.79 Å². The Morgan fingerprint density at radius 2 is 1.75 bits per heavy atom. The number of hydrogen-bond donors (Lipinski definition) is 0. The van der Waals surface area contributed by atoms with E-state index in [0.29, 0.717) is 0 Å². The van der Waals surface area contributed by atoms with Gasteiger partial charge in [0, 0.05) is 12.8 Å². The first-order chi connectivity index (χ1) is 5.72. The summed E-state index contributed by atoms with van der Waals surface area (Å²) in [7, 11) is 0. The van der Waals surface area contributed by atoms with Gasteiger partial charge in [-0.2, -0.15) is 0 Å². The van der Waals surface area contributed by atoms with Crippen molar-refractivity contribution in [2.75, 3.05) is 13.2 Å². The van der Waals surface area contributed by atoms with E-state index in [1.165, 1.54) is 0 Å². The highest BCUT2D eigenvalue weighted by molar-refractivity contribution is 4.91. The van der Waals surface area contributed by atoms with Gasteiger partial charge in [-0.3, -0.25) is 0 Å². The van der Waals surface area contributed by atoms with Gasteiger partial charge >= 0.3 is 0 Å². The van der Waals surface area contributed by atoms with Gasteiger partial charge in [-0.25, -0.2) is 0 Å². The molecule has 70 valence electrons. The van der Waals surface area contributed by atoms with Gasteiger partial charge in [0.05, 0.1) is 13.2 Å². The van der Waals surface area contributed by atoms with Crippen molar-refractivity contribution in [3.8, 4) is 0 Å². The second kappa shape index (κ2) is 3.00. The molecule has 1 saturated heterocycles. The van der Waals surface area contributed by atoms with Crippen molar-refractivity contribution >= 4 is 0 Å². The minimum absolute atomic E-state index is 0.146. The van der Waals surface area contributed by atoms with Gasteiger partial charge in [-0.15, -0.1) is 0 Å². The zero-order chi connectivity index (χ0) is 8.60. The predicted octanol–water partition coefficient (Wildman–Crippen LogP) is 2.19. The molecule has 1 aliphatic heterocycles. The summed E-state index contributed by atoms with van der Waals surface area (Å²) in [5.41, 5.74) is 0. The van der Waals surface area contributed by atoms with Crippen LogP contribution in [-0.2, 0) is 9.47 Å². The molecule has 0 atom stereocenters. The van der Waals surface area contributed by atoms with Crippen molar-refractivity contribution in [2.24, 2.45) is 11.8 Å². The Labute approximate surface area is 74.2 Å². The fourth-order valence-corrected chi connectivity index (χ4v) is 2.06. The van der Waals surface area contributed by atoms with Crippen LogP contribution in [0, 0.1) is 11.8 Å². The lowest BCUT2D eigenvalue weighted by atomic mass is 9.72. The second-order valence-corrected chi connectivity index (χ2v) is 4.37. The first-order valence-electron chi connectivity index (χ1n) is 5.00. The van der Waals surface area contributed by atoms with Crippen molar-refractivity contribution in [1.82, 2.24) is 0 Å². The molecule has 2 heteroatoms. The van der Waals surface area contributed by atoms with Crippen LogP contribution in [0.5, 0.6) is 0 Å². The first-order valence-corrected chi connectivity index (χ1v) is 5.00. The Kier molecular flexibility index (Phi) is 2.13. The van der Waals surface area contributed by atoms with E-state index in [0.717, 1.165) is 44.3 Å². The molecule has 0 N–H and O–H groups in total. The molecule has 0 bridgehead atoms. The summed E-state index contributed by atoms with van der Waals surface area (Å²) >= 11 is 0. The van der Waals surface area contributed by atoms with Crippen LogP contribution in [0.25, 0.3) is 0 Å². The maximum absolute atomic E-state index is 5.66. The molecule has 0 unspecified atom stereocenters. The fourth-order valence-electron chi connectivity index (χ4n) is 2.06. The summed E-state index contributed by atoms with van der Waals surface area (Å²) in [6.45, 7) is 6.34. The molecule has 1 spiro atoms. The molecule has 1 saturated carbocycles. The molecule has 2 rings (SSSR count). The Morgan fingerprint density at radius 3 is 2.25 bits per heavy atom. The average Bonchev–Trinajstić information content (AvgIpc) is 2.01. The summed E-state index contributed by atoms with van der Waals surface area (Å²) < 4.78 is 11.3. The van der Waals surface area contributed by atoms with E-state index in [2.05, 4.69) is 13.8 Å². The molecule has 0 radical (unpaired) electrons. The number of hydrogen-bond acceptors (Lipinski definition) is 2. The molecule has 0 aromatic heterocycles. The molecule has 2 nitrogen and oxygen atoms in total. The monoisotopic (exact) mass is 170 g/mol. The lowest BCUT2D eigenvalue weighted by Gasteiger charge is -2.50. The second-order valence-electron chi connectivity index (χ2n) is 4.37. The third-order valence-corrected chi connectivity index (χ3v) is 3.11. The van der Waals surface area contributed by atoms with E-state index >= 15 is 0 Å². The van der Waals surface area contributed by atoms with Crippen LogP contribution in [0.3, 0.4) is 0 Å². The number of ether oxygens (including phenoxy) is 2. The fraction of sp³-hybridized carbons (Fsp3) is 1.00. The molecule has 1 aliphatic carbocycles. The minimum Gasteiger partial charge on any atom is -0.350 e. The molecular formula is C10H18O2. The zero-order valence-electron chi connectivity index (χ0n) is 8.01. The Balaban J connectivity index is 1.84. The average molecular weight is 170 g/mol. The van der Waals surface area contributed by atoms with Crippen molar-refractivity contribution in [3.63, 3.8) is 0 Å². The van der Waals surface area contributed by atoms with Gasteiger partial charge in [-0.05, 0) is 18.3 Å². The summed E-state index contributed by atoms with van der Waals surface area (Å²) in [6, 6.07) is 0. The Bertz CT molecular complexity index is 151. The normalized spacial score (nSPS) is 29.2. The van der Waals surface area contributed by atoms with E-state index in [9.17, 15) is 0 Å². The highest BCUT2D eigenvalue weighted by Gasteiger charge is 2.48. The highest BCUT2D eigenvalue weighted by Crippen LogP contribution is 2.46. The first kappa shape index (κ1) is 8.52. The van der Waals surface area contributed by atoms with Crippen LogP contribution in [-0.4, -0.2) is 19.0 Å². The van der Waals surface area contributed by atoms with Crippen LogP contribution < -0.4 is 0 Å². The van der Waals surface area contributed by atoms with Crippen molar-refractivity contribution < 1.29 is 9.47 Å². The van der Waals surface area contributed by atoms with Gasteiger partial charge in [-0.1, -0.05) is 13.8 Å². The van der Waals surface area contributed by atoms with Crippen molar-refractivity contribution in [2.45, 2.75) is 38.9 Å².